The van der Waals surface area contributed by atoms with Crippen molar-refractivity contribution in [3.63, 3.8) is 0 Å². The fourth-order valence-electron chi connectivity index (χ4n) is 4.40. The van der Waals surface area contributed by atoms with Gasteiger partial charge in [-0.25, -0.2) is 9.79 Å². The molecule has 41 heavy (non-hydrogen) atoms. The molecule has 0 spiro atoms. The van der Waals surface area contributed by atoms with Gasteiger partial charge in [0.25, 0.3) is 5.56 Å². The number of nitrogens with zero attached hydrogens (tertiary/aromatic N) is 2. The second-order valence-electron chi connectivity index (χ2n) is 9.81. The van der Waals surface area contributed by atoms with Gasteiger partial charge < -0.3 is 18.9 Å². The van der Waals surface area contributed by atoms with Crippen molar-refractivity contribution in [3.05, 3.63) is 84.5 Å². The Balaban J connectivity index is 1.89. The van der Waals surface area contributed by atoms with Gasteiger partial charge in [-0.05, 0) is 68.2 Å². The lowest BCUT2D eigenvalue weighted by molar-refractivity contribution is -0.140. The van der Waals surface area contributed by atoms with Crippen LogP contribution in [0.25, 0.3) is 6.08 Å². The van der Waals surface area contributed by atoms with Crippen molar-refractivity contribution in [3.8, 4) is 17.2 Å². The third-order valence-corrected chi connectivity index (χ3v) is 7.10. The van der Waals surface area contributed by atoms with Gasteiger partial charge >= 0.3 is 11.9 Å². The third kappa shape index (κ3) is 6.77. The van der Waals surface area contributed by atoms with Crippen LogP contribution in [0.5, 0.6) is 17.2 Å². The highest BCUT2D eigenvalue weighted by Crippen LogP contribution is 2.36. The van der Waals surface area contributed by atoms with Gasteiger partial charge in [-0.3, -0.25) is 14.2 Å². The molecule has 0 amide bonds. The van der Waals surface area contributed by atoms with E-state index in [0.29, 0.717) is 39.6 Å². The average molecular weight is 579 g/mol. The highest BCUT2D eigenvalue weighted by molar-refractivity contribution is 7.07. The number of thiazole rings is 1. The van der Waals surface area contributed by atoms with Gasteiger partial charge in [0.2, 0.25) is 0 Å². The van der Waals surface area contributed by atoms with Crippen molar-refractivity contribution >= 4 is 29.4 Å². The number of carbonyl (C=O) groups excluding carboxylic acids is 2. The van der Waals surface area contributed by atoms with Gasteiger partial charge in [0.05, 0.1) is 41.7 Å². The molecular weight excluding hydrogens is 544 g/mol. The minimum atomic E-state index is -0.834. The molecule has 0 saturated carbocycles. The lowest BCUT2D eigenvalue weighted by Gasteiger charge is -2.25. The van der Waals surface area contributed by atoms with Crippen molar-refractivity contribution in [1.29, 1.82) is 0 Å². The van der Waals surface area contributed by atoms with E-state index in [1.807, 2.05) is 52.0 Å². The molecule has 10 heteroatoms. The Morgan fingerprint density at radius 3 is 2.39 bits per heavy atom. The molecule has 0 bridgehead atoms. The number of fused-ring (bicyclic) bond motifs is 1. The van der Waals surface area contributed by atoms with Crippen molar-refractivity contribution < 1.29 is 28.5 Å². The molecular formula is C31H34N2O7S. The van der Waals surface area contributed by atoms with Crippen LogP contribution in [-0.4, -0.2) is 36.3 Å². The number of rotatable bonds is 10. The molecule has 216 valence electrons. The first-order valence-corrected chi connectivity index (χ1v) is 14.3. The Morgan fingerprint density at radius 2 is 1.76 bits per heavy atom. The molecule has 1 atom stereocenters. The van der Waals surface area contributed by atoms with Gasteiger partial charge in [0, 0.05) is 6.92 Å². The average Bonchev–Trinajstić information content (AvgIpc) is 3.22. The highest BCUT2D eigenvalue weighted by atomic mass is 32.1. The monoisotopic (exact) mass is 578 g/mol. The molecule has 0 aliphatic carbocycles. The summed E-state index contributed by atoms with van der Waals surface area (Å²) in [6.07, 6.45) is 1.79. The fourth-order valence-corrected chi connectivity index (χ4v) is 5.45. The topological polar surface area (TPSA) is 105 Å². The lowest BCUT2D eigenvalue weighted by atomic mass is 9.95. The number of allylic oxidation sites excluding steroid dienone is 1. The Labute approximate surface area is 242 Å². The van der Waals surface area contributed by atoms with E-state index < -0.39 is 18.0 Å². The number of carbonyl (C=O) groups is 2. The smallest absolute Gasteiger partial charge is 0.338 e. The number of esters is 2. The zero-order chi connectivity index (χ0) is 29.7. The molecule has 3 aromatic rings. The van der Waals surface area contributed by atoms with Crippen LogP contribution in [0.1, 0.15) is 58.7 Å². The largest absolute Gasteiger partial charge is 0.494 e. The summed E-state index contributed by atoms with van der Waals surface area (Å²) in [6.45, 7) is 11.8. The summed E-state index contributed by atoms with van der Waals surface area (Å²) in [4.78, 5) is 44.1. The first kappa shape index (κ1) is 29.8. The number of hydrogen-bond acceptors (Lipinski definition) is 9. The Bertz CT molecular complexity index is 1650. The molecule has 0 radical (unpaired) electrons. The SMILES string of the molecule is CCOc1ccc(/C=c2/sc3n(c2=O)C(c2ccc(OC(C)=O)c(OCC)c2)C(C(=O)OCC(C)C)=C(C)N=3)cc1. The molecule has 0 fully saturated rings. The van der Waals surface area contributed by atoms with E-state index in [2.05, 4.69) is 4.99 Å². The summed E-state index contributed by atoms with van der Waals surface area (Å²) in [6, 6.07) is 11.6. The normalized spacial score (nSPS) is 14.9. The molecule has 2 aromatic carbocycles. The summed E-state index contributed by atoms with van der Waals surface area (Å²) in [5, 5.41) is 0. The summed E-state index contributed by atoms with van der Waals surface area (Å²) in [7, 11) is 0. The van der Waals surface area contributed by atoms with E-state index in [-0.39, 0.29) is 29.4 Å². The lowest BCUT2D eigenvalue weighted by Crippen LogP contribution is -2.40. The predicted octanol–water partition coefficient (Wildman–Crippen LogP) is 4.16. The molecule has 0 N–H and O–H groups in total. The van der Waals surface area contributed by atoms with Crippen LogP contribution >= 0.6 is 11.3 Å². The van der Waals surface area contributed by atoms with Crippen molar-refractivity contribution in [2.24, 2.45) is 10.9 Å². The minimum absolute atomic E-state index is 0.126. The van der Waals surface area contributed by atoms with Crippen LogP contribution in [0.3, 0.4) is 0 Å². The first-order valence-electron chi connectivity index (χ1n) is 13.5. The molecule has 1 aliphatic rings. The maximum Gasteiger partial charge on any atom is 0.338 e. The second-order valence-corrected chi connectivity index (χ2v) is 10.8. The van der Waals surface area contributed by atoms with Crippen LogP contribution in [0.4, 0.5) is 0 Å². The number of aromatic nitrogens is 1. The summed E-state index contributed by atoms with van der Waals surface area (Å²) in [5.41, 5.74) is 1.83. The maximum atomic E-state index is 13.9. The zero-order valence-electron chi connectivity index (χ0n) is 24.1. The molecule has 4 rings (SSSR count). The number of hydrogen-bond donors (Lipinski definition) is 0. The third-order valence-electron chi connectivity index (χ3n) is 6.12. The van der Waals surface area contributed by atoms with E-state index in [4.69, 9.17) is 18.9 Å². The first-order chi connectivity index (χ1) is 19.6. The van der Waals surface area contributed by atoms with Crippen LogP contribution < -0.4 is 29.1 Å². The van der Waals surface area contributed by atoms with Gasteiger partial charge in [0.1, 0.15) is 5.75 Å². The van der Waals surface area contributed by atoms with Crippen molar-refractivity contribution in [2.45, 2.75) is 47.6 Å². The Kier molecular flexibility index (Phi) is 9.44. The van der Waals surface area contributed by atoms with Crippen LogP contribution in [0.15, 0.2) is 63.5 Å². The standard InChI is InChI=1S/C31H34N2O7S/c1-7-37-23-12-9-21(10-13-23)15-26-29(35)33-28(22-11-14-24(40-20(6)34)25(16-22)38-8-2)27(19(5)32-31(33)41-26)30(36)39-17-18(3)4/h9-16,18,28H,7-8,17H2,1-6H3/b26-15+. The van der Waals surface area contributed by atoms with Crippen LogP contribution in [0, 0.1) is 5.92 Å². The van der Waals surface area contributed by atoms with E-state index >= 15 is 0 Å². The Morgan fingerprint density at radius 1 is 1.05 bits per heavy atom. The van der Waals surface area contributed by atoms with Gasteiger partial charge in [-0.15, -0.1) is 0 Å². The maximum absolute atomic E-state index is 13.9. The highest BCUT2D eigenvalue weighted by Gasteiger charge is 2.34. The van der Waals surface area contributed by atoms with Crippen molar-refractivity contribution in [2.75, 3.05) is 19.8 Å². The second kappa shape index (κ2) is 13.0. The molecule has 1 aliphatic heterocycles. The minimum Gasteiger partial charge on any atom is -0.494 e. The van der Waals surface area contributed by atoms with Crippen molar-refractivity contribution in [1.82, 2.24) is 4.57 Å². The van der Waals surface area contributed by atoms with E-state index in [1.165, 1.54) is 22.8 Å². The van der Waals surface area contributed by atoms with Gasteiger partial charge in [-0.1, -0.05) is 43.4 Å². The fraction of sp³-hybridized carbons (Fsp3) is 0.355. The summed E-state index contributed by atoms with van der Waals surface area (Å²) < 4.78 is 24.2. The molecule has 9 nitrogen and oxygen atoms in total. The van der Waals surface area contributed by atoms with Gasteiger partial charge in [-0.2, -0.15) is 0 Å². The van der Waals surface area contributed by atoms with E-state index in [9.17, 15) is 14.4 Å². The quantitative estimate of drug-likeness (QED) is 0.263. The number of ether oxygens (including phenoxy) is 4. The zero-order valence-corrected chi connectivity index (χ0v) is 24.9. The molecule has 1 unspecified atom stereocenters. The molecule has 1 aromatic heterocycles. The molecule has 2 heterocycles. The molecule has 0 saturated heterocycles. The van der Waals surface area contributed by atoms with E-state index in [0.717, 1.165) is 11.3 Å². The van der Waals surface area contributed by atoms with Gasteiger partial charge in [0.15, 0.2) is 16.3 Å². The predicted molar refractivity (Wildman–Crippen MR) is 156 cm³/mol. The van der Waals surface area contributed by atoms with Crippen LogP contribution in [-0.2, 0) is 14.3 Å². The Hall–Kier alpha value is -4.18. The van der Waals surface area contributed by atoms with E-state index in [1.54, 1.807) is 31.2 Å². The summed E-state index contributed by atoms with van der Waals surface area (Å²) in [5.74, 6) is 0.397. The number of benzene rings is 2. The summed E-state index contributed by atoms with van der Waals surface area (Å²) >= 11 is 1.24. The van der Waals surface area contributed by atoms with Crippen LogP contribution in [0.2, 0.25) is 0 Å².